The predicted molar refractivity (Wildman–Crippen MR) is 159 cm³/mol. The van der Waals surface area contributed by atoms with Gasteiger partial charge >= 0.3 is 18.5 Å². The maximum absolute atomic E-state index is 13.7. The van der Waals surface area contributed by atoms with Crippen LogP contribution in [0.2, 0.25) is 0 Å². The number of aryl methyl sites for hydroxylation is 3. The first-order valence-electron chi connectivity index (χ1n) is 15.1. The number of hydrogen-bond acceptors (Lipinski definition) is 6. The molecule has 2 aromatic carbocycles. The molecule has 9 nitrogen and oxygen atoms in total. The molecule has 0 spiro atoms. The van der Waals surface area contributed by atoms with Crippen LogP contribution < -0.4 is 9.80 Å². The van der Waals surface area contributed by atoms with Gasteiger partial charge in [-0.15, -0.1) is 5.10 Å². The molecule has 0 amide bonds. The summed E-state index contributed by atoms with van der Waals surface area (Å²) in [5.74, 6) is 0.742. The maximum Gasteiger partial charge on any atom is 0.503 e. The van der Waals surface area contributed by atoms with Gasteiger partial charge in [-0.2, -0.15) is 31.1 Å². The number of nitrogens with zero attached hydrogens (tertiary/aromatic N) is 6. The van der Waals surface area contributed by atoms with E-state index in [1.807, 2.05) is 6.92 Å². The van der Waals surface area contributed by atoms with E-state index in [0.29, 0.717) is 12.3 Å². The Labute approximate surface area is 262 Å². The number of alkyl halides is 6. The van der Waals surface area contributed by atoms with E-state index in [1.165, 1.54) is 36.9 Å². The molecule has 1 aliphatic heterocycles. The summed E-state index contributed by atoms with van der Waals surface area (Å²) in [6.45, 7) is 5.55. The van der Waals surface area contributed by atoms with Crippen LogP contribution in [0.15, 0.2) is 30.3 Å². The molecule has 3 aromatic rings. The molecule has 2 heterocycles. The highest BCUT2D eigenvalue weighted by Crippen LogP contribution is 2.43. The Morgan fingerprint density at radius 2 is 1.52 bits per heavy atom. The van der Waals surface area contributed by atoms with Crippen molar-refractivity contribution in [2.75, 3.05) is 22.9 Å². The molecule has 15 heteroatoms. The molecule has 2 N–H and O–H groups in total. The van der Waals surface area contributed by atoms with Crippen LogP contribution >= 0.6 is 0 Å². The quantitative estimate of drug-likeness (QED) is 0.257. The first-order chi connectivity index (χ1) is 21.5. The Kier molecular flexibility index (Phi) is 10.7. The lowest BCUT2D eigenvalue weighted by atomic mass is 9.88. The lowest BCUT2D eigenvalue weighted by Gasteiger charge is -2.35. The van der Waals surface area contributed by atoms with Gasteiger partial charge in [0.15, 0.2) is 0 Å². The Morgan fingerprint density at radius 3 is 2.07 bits per heavy atom. The van der Waals surface area contributed by atoms with Crippen molar-refractivity contribution >= 4 is 17.8 Å². The third-order valence-electron chi connectivity index (χ3n) is 8.39. The molecule has 46 heavy (non-hydrogen) atoms. The second-order valence-electron chi connectivity index (χ2n) is 12.0. The lowest BCUT2D eigenvalue weighted by molar-refractivity contribution is -0.143. The summed E-state index contributed by atoms with van der Waals surface area (Å²) >= 11 is 0. The van der Waals surface area contributed by atoms with Crippen molar-refractivity contribution in [2.45, 2.75) is 83.7 Å². The van der Waals surface area contributed by atoms with Crippen LogP contribution in [0.1, 0.15) is 84.4 Å². The number of hydrogen-bond donors (Lipinski definition) is 2. The van der Waals surface area contributed by atoms with E-state index in [-0.39, 0.29) is 30.2 Å². The summed E-state index contributed by atoms with van der Waals surface area (Å²) in [6.07, 6.45) is -4.20. The van der Waals surface area contributed by atoms with Crippen molar-refractivity contribution in [1.29, 1.82) is 0 Å². The Bertz CT molecular complexity index is 1470. The summed E-state index contributed by atoms with van der Waals surface area (Å²) in [7, 11) is 1.57. The zero-order chi connectivity index (χ0) is 33.8. The first-order valence-corrected chi connectivity index (χ1v) is 15.1. The molecule has 1 aromatic heterocycles. The molecule has 252 valence electrons. The fraction of sp³-hybridized carbons (Fsp3) is 0.548. The van der Waals surface area contributed by atoms with E-state index < -0.39 is 29.6 Å². The van der Waals surface area contributed by atoms with Crippen LogP contribution in [0.4, 0.5) is 42.8 Å². The highest BCUT2D eigenvalue weighted by molar-refractivity contribution is 5.64. The van der Waals surface area contributed by atoms with Crippen molar-refractivity contribution in [3.63, 3.8) is 0 Å². The highest BCUT2D eigenvalue weighted by atomic mass is 19.4. The molecule has 1 atom stereocenters. The minimum Gasteiger partial charge on any atom is -0.450 e. The fourth-order valence-electron chi connectivity index (χ4n) is 6.63. The van der Waals surface area contributed by atoms with Crippen LogP contribution in [0, 0.1) is 19.8 Å². The largest absolute Gasteiger partial charge is 0.503 e. The van der Waals surface area contributed by atoms with Gasteiger partial charge in [0.05, 0.1) is 24.2 Å². The number of fused-ring (bicyclic) bond motifs is 1. The van der Waals surface area contributed by atoms with Gasteiger partial charge < -0.3 is 20.0 Å². The van der Waals surface area contributed by atoms with Crippen molar-refractivity contribution in [3.05, 3.63) is 63.7 Å². The summed E-state index contributed by atoms with van der Waals surface area (Å²) in [4.78, 5) is 13.9. The average molecular weight is 657 g/mol. The Morgan fingerprint density at radius 1 is 0.913 bits per heavy atom. The van der Waals surface area contributed by atoms with E-state index in [1.54, 1.807) is 11.9 Å². The number of tetrazole rings is 1. The number of carboxylic acid groups (broad SMARTS) is 2. The van der Waals surface area contributed by atoms with Gasteiger partial charge in [-0.1, -0.05) is 42.1 Å². The molecular weight excluding hydrogens is 618 g/mol. The third-order valence-corrected chi connectivity index (χ3v) is 8.39. The SMILES string of the molecule is Cc1cc(C)c2c(c1)[C@@H](N(Cc1cc(C(F)(F)F)cc(C(F)(F)F)c1)c1nnn(C)n1)CCCN2CC1CCCCC1.O=C(O)O. The van der Waals surface area contributed by atoms with Crippen LogP contribution in [0.5, 0.6) is 0 Å². The molecule has 1 aliphatic carbocycles. The van der Waals surface area contributed by atoms with Crippen molar-refractivity contribution in [1.82, 2.24) is 20.2 Å². The first kappa shape index (κ1) is 34.8. The standard InChI is InChI=1S/C30H36F6N6.CH2O3/c1-19-12-20(2)27-25(13-19)26(10-7-11-41(27)17-21-8-5-4-6-9-21)42(28-37-39-40(3)38-28)18-22-14-23(29(31,32)33)16-24(15-22)30(34,35)36;2-1(3)4/h12-16,21,26H,4-11,17-18H2,1-3H3;(H2,2,3,4)/t26-;/m0./s1. The molecule has 2 aliphatic rings. The molecule has 0 bridgehead atoms. The van der Waals surface area contributed by atoms with Gasteiger partial charge in [-0.05, 0) is 85.6 Å². The zero-order valence-corrected chi connectivity index (χ0v) is 25.9. The zero-order valence-electron chi connectivity index (χ0n) is 25.9. The summed E-state index contributed by atoms with van der Waals surface area (Å²) < 4.78 is 82.2. The normalized spacial score (nSPS) is 17.5. The van der Waals surface area contributed by atoms with Gasteiger partial charge in [0.2, 0.25) is 0 Å². The summed E-state index contributed by atoms with van der Waals surface area (Å²) in [5, 5.41) is 26.4. The van der Waals surface area contributed by atoms with Crippen LogP contribution in [-0.2, 0) is 25.9 Å². The number of carbonyl (C=O) groups is 1. The fourth-order valence-corrected chi connectivity index (χ4v) is 6.63. The van der Waals surface area contributed by atoms with Gasteiger partial charge in [0.25, 0.3) is 5.95 Å². The minimum atomic E-state index is -4.94. The monoisotopic (exact) mass is 656 g/mol. The van der Waals surface area contributed by atoms with Gasteiger partial charge in [-0.3, -0.25) is 0 Å². The van der Waals surface area contributed by atoms with Crippen LogP contribution in [-0.4, -0.2) is 49.7 Å². The number of anilines is 2. The van der Waals surface area contributed by atoms with Crippen molar-refractivity contribution < 1.29 is 41.4 Å². The molecule has 1 fully saturated rings. The summed E-state index contributed by atoms with van der Waals surface area (Å²) in [6, 6.07) is 5.56. The van der Waals surface area contributed by atoms with Gasteiger partial charge in [0.1, 0.15) is 0 Å². The Hall–Kier alpha value is -4.04. The Balaban J connectivity index is 0.00000113. The number of benzene rings is 2. The van der Waals surface area contributed by atoms with E-state index in [2.05, 4.69) is 39.4 Å². The minimum absolute atomic E-state index is 0.126. The molecule has 0 radical (unpaired) electrons. The van der Waals surface area contributed by atoms with E-state index in [0.717, 1.165) is 54.0 Å². The number of halogens is 6. The average Bonchev–Trinajstić information content (AvgIpc) is 3.30. The second-order valence-corrected chi connectivity index (χ2v) is 12.0. The molecule has 0 unspecified atom stereocenters. The van der Waals surface area contributed by atoms with Crippen LogP contribution in [0.3, 0.4) is 0 Å². The predicted octanol–water partition coefficient (Wildman–Crippen LogP) is 8.02. The molecule has 5 rings (SSSR count). The van der Waals surface area contributed by atoms with Crippen molar-refractivity contribution in [2.24, 2.45) is 13.0 Å². The smallest absolute Gasteiger partial charge is 0.450 e. The van der Waals surface area contributed by atoms with E-state index >= 15 is 0 Å². The van der Waals surface area contributed by atoms with E-state index in [9.17, 15) is 26.3 Å². The second kappa shape index (κ2) is 14.2. The van der Waals surface area contributed by atoms with E-state index in [4.69, 9.17) is 15.0 Å². The number of rotatable bonds is 6. The van der Waals surface area contributed by atoms with Gasteiger partial charge in [-0.25, -0.2) is 4.79 Å². The van der Waals surface area contributed by atoms with Crippen molar-refractivity contribution in [3.8, 4) is 0 Å². The maximum atomic E-state index is 13.7. The van der Waals surface area contributed by atoms with Crippen LogP contribution in [0.25, 0.3) is 0 Å². The third kappa shape index (κ3) is 8.81. The summed E-state index contributed by atoms with van der Waals surface area (Å²) in [5.41, 5.74) is 1.38. The molecule has 0 saturated heterocycles. The van der Waals surface area contributed by atoms with Gasteiger partial charge in [0, 0.05) is 25.3 Å². The molecular formula is C31H38F6N6O3. The topological polar surface area (TPSA) is 108 Å². The number of aromatic nitrogens is 4. The molecule has 1 saturated carbocycles. The lowest BCUT2D eigenvalue weighted by Crippen LogP contribution is -2.32. The highest BCUT2D eigenvalue weighted by Gasteiger charge is 2.38.